The van der Waals surface area contributed by atoms with Gasteiger partial charge in [0.1, 0.15) is 11.4 Å². The molecule has 0 amide bonds. The number of nitrogens with one attached hydrogen (secondary N) is 1. The molecule has 1 aromatic carbocycles. The van der Waals surface area contributed by atoms with E-state index in [2.05, 4.69) is 36.8 Å². The number of nitrogens with zero attached hydrogens (tertiary/aromatic N) is 4. The minimum absolute atomic E-state index is 0.620. The van der Waals surface area contributed by atoms with Crippen molar-refractivity contribution in [1.29, 1.82) is 0 Å². The molecule has 1 saturated carbocycles. The number of hydrogen-bond acceptors (Lipinski definition) is 5. The largest absolute Gasteiger partial charge is 0.494 e. The summed E-state index contributed by atoms with van der Waals surface area (Å²) in [5.74, 6) is 1.52. The first-order valence-corrected chi connectivity index (χ1v) is 6.92. The number of ether oxygens (including phenoxy) is 1. The average molecular weight is 324 g/mol. The summed E-state index contributed by atoms with van der Waals surface area (Å²) in [4.78, 5) is 0. The van der Waals surface area contributed by atoms with Crippen LogP contribution in [0.3, 0.4) is 0 Å². The zero-order valence-electron chi connectivity index (χ0n) is 10.5. The van der Waals surface area contributed by atoms with Crippen molar-refractivity contribution in [2.75, 3.05) is 7.11 Å². The number of tetrazole rings is 1. The van der Waals surface area contributed by atoms with Crippen LogP contribution >= 0.6 is 15.9 Å². The smallest absolute Gasteiger partial charge is 0.170 e. The molecule has 3 rings (SSSR count). The second kappa shape index (κ2) is 5.26. The van der Waals surface area contributed by atoms with Gasteiger partial charge in [-0.1, -0.05) is 15.9 Å². The van der Waals surface area contributed by atoms with Gasteiger partial charge in [0.15, 0.2) is 5.82 Å². The molecule has 100 valence electrons. The maximum Gasteiger partial charge on any atom is 0.170 e. The number of halogens is 1. The van der Waals surface area contributed by atoms with Crippen LogP contribution in [0, 0.1) is 0 Å². The lowest BCUT2D eigenvalue weighted by Crippen LogP contribution is -2.19. The highest BCUT2D eigenvalue weighted by molar-refractivity contribution is 9.10. The molecule has 1 aromatic heterocycles. The van der Waals surface area contributed by atoms with Crippen LogP contribution in [-0.4, -0.2) is 33.4 Å². The minimum atomic E-state index is 0.620. The van der Waals surface area contributed by atoms with E-state index < -0.39 is 0 Å². The summed E-state index contributed by atoms with van der Waals surface area (Å²) < 4.78 is 8.02. The van der Waals surface area contributed by atoms with Crippen molar-refractivity contribution in [3.63, 3.8) is 0 Å². The fourth-order valence-corrected chi connectivity index (χ4v) is 2.20. The van der Waals surface area contributed by atoms with Crippen molar-refractivity contribution in [3.8, 4) is 11.4 Å². The van der Waals surface area contributed by atoms with Crippen molar-refractivity contribution < 1.29 is 4.74 Å². The van der Waals surface area contributed by atoms with Crippen LogP contribution in [-0.2, 0) is 6.54 Å². The molecule has 0 saturated heterocycles. The van der Waals surface area contributed by atoms with Gasteiger partial charge in [0.25, 0.3) is 0 Å². The standard InChI is InChI=1S/C12H14BrN5O/c1-19-11-5-2-8(13)6-10(11)18-12(15-16-17-18)7-14-9-3-4-9/h2,5-6,9,14H,3-4,7H2,1H3. The summed E-state index contributed by atoms with van der Waals surface area (Å²) in [5.41, 5.74) is 0.828. The summed E-state index contributed by atoms with van der Waals surface area (Å²) in [5, 5.41) is 15.3. The van der Waals surface area contributed by atoms with E-state index in [0.29, 0.717) is 12.6 Å². The monoisotopic (exact) mass is 323 g/mol. The van der Waals surface area contributed by atoms with Gasteiger partial charge in [-0.05, 0) is 41.5 Å². The second-order valence-electron chi connectivity index (χ2n) is 4.48. The molecule has 19 heavy (non-hydrogen) atoms. The minimum Gasteiger partial charge on any atom is -0.494 e. The van der Waals surface area contributed by atoms with E-state index in [1.165, 1.54) is 12.8 Å². The van der Waals surface area contributed by atoms with Gasteiger partial charge < -0.3 is 10.1 Å². The molecular weight excluding hydrogens is 310 g/mol. The molecule has 6 nitrogen and oxygen atoms in total. The van der Waals surface area contributed by atoms with Crippen molar-refractivity contribution >= 4 is 15.9 Å². The molecule has 0 atom stereocenters. The first kappa shape index (κ1) is 12.6. The summed E-state index contributed by atoms with van der Waals surface area (Å²) in [6, 6.07) is 6.37. The molecule has 0 aliphatic heterocycles. The average Bonchev–Trinajstić information content (AvgIpc) is 3.13. The third-order valence-corrected chi connectivity index (χ3v) is 3.52. The molecule has 7 heteroatoms. The van der Waals surface area contributed by atoms with E-state index in [1.807, 2.05) is 18.2 Å². The Morgan fingerprint density at radius 3 is 3.05 bits per heavy atom. The van der Waals surface area contributed by atoms with E-state index in [0.717, 1.165) is 21.7 Å². The molecule has 0 unspecified atom stereocenters. The molecule has 1 aliphatic rings. The first-order chi connectivity index (χ1) is 9.28. The molecule has 0 radical (unpaired) electrons. The molecule has 2 aromatic rings. The molecule has 1 fully saturated rings. The Morgan fingerprint density at radius 1 is 1.47 bits per heavy atom. The Morgan fingerprint density at radius 2 is 2.32 bits per heavy atom. The Hall–Kier alpha value is -1.47. The highest BCUT2D eigenvalue weighted by Gasteiger charge is 2.22. The van der Waals surface area contributed by atoms with Crippen LogP contribution in [0.2, 0.25) is 0 Å². The highest BCUT2D eigenvalue weighted by atomic mass is 79.9. The quantitative estimate of drug-likeness (QED) is 0.907. The molecule has 1 heterocycles. The Kier molecular flexibility index (Phi) is 3.48. The zero-order valence-corrected chi connectivity index (χ0v) is 12.1. The fraction of sp³-hybridized carbons (Fsp3) is 0.417. The maximum absolute atomic E-state index is 5.36. The van der Waals surface area contributed by atoms with Gasteiger partial charge in [-0.3, -0.25) is 0 Å². The predicted octanol–water partition coefficient (Wildman–Crippen LogP) is 1.69. The van der Waals surface area contributed by atoms with Crippen LogP contribution in [0.4, 0.5) is 0 Å². The van der Waals surface area contributed by atoms with Gasteiger partial charge in [0.05, 0.1) is 13.7 Å². The molecule has 1 aliphatic carbocycles. The van der Waals surface area contributed by atoms with Crippen LogP contribution < -0.4 is 10.1 Å². The van der Waals surface area contributed by atoms with E-state index in [9.17, 15) is 0 Å². The lowest BCUT2D eigenvalue weighted by molar-refractivity contribution is 0.410. The molecule has 0 bridgehead atoms. The summed E-state index contributed by atoms with van der Waals surface area (Å²) in [6.07, 6.45) is 2.48. The van der Waals surface area contributed by atoms with Crippen LogP contribution in [0.15, 0.2) is 22.7 Å². The van der Waals surface area contributed by atoms with Gasteiger partial charge in [0.2, 0.25) is 0 Å². The Balaban J connectivity index is 1.92. The summed E-state index contributed by atoms with van der Waals surface area (Å²) in [6.45, 7) is 0.660. The van der Waals surface area contributed by atoms with Crippen LogP contribution in [0.1, 0.15) is 18.7 Å². The van der Waals surface area contributed by atoms with Gasteiger partial charge >= 0.3 is 0 Å². The van der Waals surface area contributed by atoms with E-state index in [4.69, 9.17) is 4.74 Å². The van der Waals surface area contributed by atoms with Gasteiger partial charge in [0, 0.05) is 10.5 Å². The van der Waals surface area contributed by atoms with Crippen molar-refractivity contribution in [1.82, 2.24) is 25.5 Å². The summed E-state index contributed by atoms with van der Waals surface area (Å²) >= 11 is 3.45. The first-order valence-electron chi connectivity index (χ1n) is 6.12. The summed E-state index contributed by atoms with van der Waals surface area (Å²) in [7, 11) is 1.64. The Bertz CT molecular complexity index is 581. The van der Waals surface area contributed by atoms with Crippen molar-refractivity contribution in [2.24, 2.45) is 0 Å². The zero-order chi connectivity index (χ0) is 13.2. The number of rotatable bonds is 5. The van der Waals surface area contributed by atoms with Crippen LogP contribution in [0.25, 0.3) is 5.69 Å². The second-order valence-corrected chi connectivity index (χ2v) is 5.39. The lowest BCUT2D eigenvalue weighted by atomic mass is 10.3. The van der Waals surface area contributed by atoms with E-state index >= 15 is 0 Å². The van der Waals surface area contributed by atoms with Crippen molar-refractivity contribution in [3.05, 3.63) is 28.5 Å². The third kappa shape index (κ3) is 2.76. The Labute approximate surface area is 119 Å². The van der Waals surface area contributed by atoms with Gasteiger partial charge in [-0.2, -0.15) is 4.68 Å². The predicted molar refractivity (Wildman–Crippen MR) is 73.3 cm³/mol. The number of benzene rings is 1. The van der Waals surface area contributed by atoms with Gasteiger partial charge in [-0.15, -0.1) is 5.10 Å². The highest BCUT2D eigenvalue weighted by Crippen LogP contribution is 2.26. The molecular formula is C12H14BrN5O. The maximum atomic E-state index is 5.36. The normalized spacial score (nSPS) is 14.6. The molecule has 0 spiro atoms. The number of aromatic nitrogens is 4. The third-order valence-electron chi connectivity index (χ3n) is 3.03. The van der Waals surface area contributed by atoms with Crippen molar-refractivity contribution in [2.45, 2.75) is 25.4 Å². The van der Waals surface area contributed by atoms with Gasteiger partial charge in [-0.25, -0.2) is 0 Å². The van der Waals surface area contributed by atoms with E-state index in [1.54, 1.807) is 11.8 Å². The number of hydrogen-bond donors (Lipinski definition) is 1. The number of methoxy groups -OCH3 is 1. The topological polar surface area (TPSA) is 64.9 Å². The lowest BCUT2D eigenvalue weighted by Gasteiger charge is -2.10. The fourth-order valence-electron chi connectivity index (χ4n) is 1.85. The van der Waals surface area contributed by atoms with Crippen LogP contribution in [0.5, 0.6) is 5.75 Å². The SMILES string of the molecule is COc1ccc(Br)cc1-n1nnnc1CNC1CC1. The van der Waals surface area contributed by atoms with E-state index in [-0.39, 0.29) is 0 Å². The molecule has 1 N–H and O–H groups in total.